The van der Waals surface area contributed by atoms with Gasteiger partial charge >= 0.3 is 0 Å². The van der Waals surface area contributed by atoms with Gasteiger partial charge in [0.25, 0.3) is 0 Å². The number of rotatable bonds is 13. The normalized spacial score (nSPS) is 18.0. The highest BCUT2D eigenvalue weighted by Crippen LogP contribution is 2.29. The molecule has 0 bridgehead atoms. The number of benzene rings is 2. The standard InChI is InChI=1S/C28H42N8O2S/c1-20(2)32-28-34-26(29-16-17-36(3)4)33-27(35-28)30-18-21-12-14-22(15-13-21)19-31-39(37,38)25-11-7-9-23-8-5-6-10-24(23)25/h5-11,20-22,31H,12-19H2,1-4H3,(H3,29,30,32,33,34,35). The van der Waals surface area contributed by atoms with Crippen LogP contribution in [-0.2, 0) is 10.0 Å². The van der Waals surface area contributed by atoms with Gasteiger partial charge in [0.15, 0.2) is 0 Å². The number of fused-ring (bicyclic) bond motifs is 1. The van der Waals surface area contributed by atoms with E-state index in [1.165, 1.54) is 0 Å². The summed E-state index contributed by atoms with van der Waals surface area (Å²) >= 11 is 0. The third-order valence-electron chi connectivity index (χ3n) is 7.01. The van der Waals surface area contributed by atoms with Crippen molar-refractivity contribution in [2.45, 2.75) is 50.5 Å². The van der Waals surface area contributed by atoms with E-state index >= 15 is 0 Å². The van der Waals surface area contributed by atoms with Gasteiger partial charge in [0, 0.05) is 37.6 Å². The Labute approximate surface area is 232 Å². The smallest absolute Gasteiger partial charge is 0.241 e. The maximum absolute atomic E-state index is 13.1. The molecule has 1 saturated carbocycles. The molecule has 3 aromatic rings. The van der Waals surface area contributed by atoms with Crippen LogP contribution >= 0.6 is 0 Å². The van der Waals surface area contributed by atoms with Crippen LogP contribution in [-0.4, -0.2) is 74.6 Å². The molecule has 11 heteroatoms. The van der Waals surface area contributed by atoms with Gasteiger partial charge in [-0.1, -0.05) is 36.4 Å². The quantitative estimate of drug-likeness (QED) is 0.248. The molecule has 4 N–H and O–H groups in total. The molecule has 1 aliphatic carbocycles. The number of hydrogen-bond acceptors (Lipinski definition) is 9. The first-order chi connectivity index (χ1) is 18.7. The van der Waals surface area contributed by atoms with Crippen LogP contribution in [0.2, 0.25) is 0 Å². The molecule has 1 heterocycles. The Kier molecular flexibility index (Phi) is 9.93. The maximum Gasteiger partial charge on any atom is 0.241 e. The molecule has 0 spiro atoms. The molecule has 2 aromatic carbocycles. The van der Waals surface area contributed by atoms with Crippen LogP contribution in [0.5, 0.6) is 0 Å². The van der Waals surface area contributed by atoms with Crippen LogP contribution < -0.4 is 20.7 Å². The summed E-state index contributed by atoms with van der Waals surface area (Å²) in [5.41, 5.74) is 0. The zero-order valence-corrected chi connectivity index (χ0v) is 24.3. The number of anilines is 3. The highest BCUT2D eigenvalue weighted by molar-refractivity contribution is 7.89. The molecular formula is C28H42N8O2S. The summed E-state index contributed by atoms with van der Waals surface area (Å²) in [6.07, 6.45) is 4.03. The average Bonchev–Trinajstić information content (AvgIpc) is 2.90. The lowest BCUT2D eigenvalue weighted by molar-refractivity contribution is 0.284. The number of hydrogen-bond donors (Lipinski definition) is 4. The Morgan fingerprint density at radius 2 is 1.46 bits per heavy atom. The zero-order chi connectivity index (χ0) is 27.8. The van der Waals surface area contributed by atoms with Gasteiger partial charge in [0.2, 0.25) is 27.9 Å². The molecule has 0 atom stereocenters. The number of aromatic nitrogens is 3. The van der Waals surface area contributed by atoms with E-state index in [1.807, 2.05) is 44.4 Å². The molecule has 0 radical (unpaired) electrons. The van der Waals surface area contributed by atoms with Gasteiger partial charge in [-0.3, -0.25) is 0 Å². The molecule has 4 rings (SSSR count). The molecule has 0 amide bonds. The third-order valence-corrected chi connectivity index (χ3v) is 8.49. The molecule has 1 aliphatic rings. The summed E-state index contributed by atoms with van der Waals surface area (Å²) in [7, 11) is 0.487. The molecule has 39 heavy (non-hydrogen) atoms. The summed E-state index contributed by atoms with van der Waals surface area (Å²) in [6, 6.07) is 13.2. The first-order valence-corrected chi connectivity index (χ1v) is 15.3. The maximum atomic E-state index is 13.1. The summed E-state index contributed by atoms with van der Waals surface area (Å²) in [5, 5.41) is 11.6. The van der Waals surface area contributed by atoms with Crippen LogP contribution in [0, 0.1) is 11.8 Å². The van der Waals surface area contributed by atoms with Crippen LogP contribution in [0.3, 0.4) is 0 Å². The van der Waals surface area contributed by atoms with E-state index in [0.717, 1.165) is 56.1 Å². The first-order valence-electron chi connectivity index (χ1n) is 13.8. The van der Waals surface area contributed by atoms with E-state index in [4.69, 9.17) is 0 Å². The molecule has 0 aliphatic heterocycles. The minimum atomic E-state index is -3.57. The molecule has 1 fully saturated rings. The molecular weight excluding hydrogens is 512 g/mol. The van der Waals surface area contributed by atoms with Gasteiger partial charge in [-0.05, 0) is 76.9 Å². The SMILES string of the molecule is CC(C)Nc1nc(NCCN(C)C)nc(NCC2CCC(CNS(=O)(=O)c3cccc4ccccc34)CC2)n1. The monoisotopic (exact) mass is 554 g/mol. The topological polar surface area (TPSA) is 124 Å². The Hall–Kier alpha value is -3.02. The van der Waals surface area contributed by atoms with Gasteiger partial charge in [-0.2, -0.15) is 15.0 Å². The fourth-order valence-electron chi connectivity index (χ4n) is 4.86. The predicted molar refractivity (Wildman–Crippen MR) is 159 cm³/mol. The van der Waals surface area contributed by atoms with E-state index in [9.17, 15) is 8.42 Å². The van der Waals surface area contributed by atoms with E-state index in [-0.39, 0.29) is 6.04 Å². The molecule has 1 aromatic heterocycles. The van der Waals surface area contributed by atoms with Crippen molar-refractivity contribution in [2.24, 2.45) is 11.8 Å². The summed E-state index contributed by atoms with van der Waals surface area (Å²) in [5.74, 6) is 2.49. The van der Waals surface area contributed by atoms with Crippen molar-refractivity contribution in [3.05, 3.63) is 42.5 Å². The van der Waals surface area contributed by atoms with Gasteiger partial charge in [0.05, 0.1) is 4.90 Å². The van der Waals surface area contributed by atoms with Crippen LogP contribution in [0.1, 0.15) is 39.5 Å². The Morgan fingerprint density at radius 1 is 0.846 bits per heavy atom. The van der Waals surface area contributed by atoms with Crippen molar-refractivity contribution < 1.29 is 8.42 Å². The van der Waals surface area contributed by atoms with Crippen molar-refractivity contribution in [3.8, 4) is 0 Å². The molecule has 212 valence electrons. The second-order valence-corrected chi connectivity index (χ2v) is 12.7. The Bertz CT molecular complexity index is 1320. The minimum Gasteiger partial charge on any atom is -0.354 e. The van der Waals surface area contributed by atoms with Gasteiger partial charge < -0.3 is 20.9 Å². The van der Waals surface area contributed by atoms with Gasteiger partial charge in [-0.25, -0.2) is 13.1 Å². The minimum absolute atomic E-state index is 0.211. The summed E-state index contributed by atoms with van der Waals surface area (Å²) in [6.45, 7) is 6.96. The third kappa shape index (κ3) is 8.48. The number of nitrogens with zero attached hydrogens (tertiary/aromatic N) is 4. The van der Waals surface area contributed by atoms with Crippen molar-refractivity contribution >= 4 is 38.6 Å². The highest BCUT2D eigenvalue weighted by atomic mass is 32.2. The predicted octanol–water partition coefficient (Wildman–Crippen LogP) is 4.02. The first kappa shape index (κ1) is 29.0. The van der Waals surface area contributed by atoms with Crippen molar-refractivity contribution in [1.82, 2.24) is 24.6 Å². The van der Waals surface area contributed by atoms with Crippen LogP contribution in [0.4, 0.5) is 17.8 Å². The van der Waals surface area contributed by atoms with Crippen molar-refractivity contribution in [3.63, 3.8) is 0 Å². The fourth-order valence-corrected chi connectivity index (χ4v) is 6.20. The zero-order valence-electron chi connectivity index (χ0n) is 23.4. The second kappa shape index (κ2) is 13.4. The van der Waals surface area contributed by atoms with E-state index in [1.54, 1.807) is 12.1 Å². The number of sulfonamides is 1. The lowest BCUT2D eigenvalue weighted by atomic mass is 9.82. The van der Waals surface area contributed by atoms with Crippen molar-refractivity contribution in [1.29, 1.82) is 0 Å². The molecule has 10 nitrogen and oxygen atoms in total. The van der Waals surface area contributed by atoms with Crippen molar-refractivity contribution in [2.75, 3.05) is 56.2 Å². The van der Waals surface area contributed by atoms with E-state index in [0.29, 0.717) is 41.1 Å². The van der Waals surface area contributed by atoms with Crippen LogP contribution in [0.15, 0.2) is 47.4 Å². The summed E-state index contributed by atoms with van der Waals surface area (Å²) < 4.78 is 29.0. The molecule has 0 saturated heterocycles. The lowest BCUT2D eigenvalue weighted by Crippen LogP contribution is -2.32. The largest absolute Gasteiger partial charge is 0.354 e. The second-order valence-electron chi connectivity index (χ2n) is 10.9. The van der Waals surface area contributed by atoms with Gasteiger partial charge in [-0.15, -0.1) is 0 Å². The van der Waals surface area contributed by atoms with Crippen LogP contribution in [0.25, 0.3) is 10.8 Å². The Morgan fingerprint density at radius 3 is 2.15 bits per heavy atom. The fraction of sp³-hybridized carbons (Fsp3) is 0.536. The number of likely N-dealkylation sites (N-methyl/N-ethyl adjacent to an activating group) is 1. The Balaban J connectivity index is 1.28. The van der Waals surface area contributed by atoms with Gasteiger partial charge in [0.1, 0.15) is 0 Å². The molecule has 0 unspecified atom stereocenters. The van der Waals surface area contributed by atoms with E-state index in [2.05, 4.69) is 54.4 Å². The lowest BCUT2D eigenvalue weighted by Gasteiger charge is -2.28. The number of nitrogens with one attached hydrogen (secondary N) is 4. The average molecular weight is 555 g/mol. The highest BCUT2D eigenvalue weighted by Gasteiger charge is 2.24. The summed E-state index contributed by atoms with van der Waals surface area (Å²) in [4.78, 5) is 16.1. The van der Waals surface area contributed by atoms with E-state index < -0.39 is 10.0 Å².